The third kappa shape index (κ3) is 4.21. The molecule has 1 saturated carbocycles. The van der Waals surface area contributed by atoms with Crippen molar-refractivity contribution in [2.75, 3.05) is 0 Å². The minimum Gasteiger partial charge on any atom is -0.111 e. The highest BCUT2D eigenvalue weighted by Crippen LogP contribution is 2.46. The summed E-state index contributed by atoms with van der Waals surface area (Å²) < 4.78 is 0.512. The van der Waals surface area contributed by atoms with E-state index in [4.69, 9.17) is 0 Å². The molecular weight excluding hydrogens is 304 g/mol. The molecule has 0 spiro atoms. The minimum atomic E-state index is 0.512. The zero-order valence-electron chi connectivity index (χ0n) is 12.8. The molecule has 0 heterocycles. The van der Waals surface area contributed by atoms with Gasteiger partial charge in [-0.15, -0.1) is 23.5 Å². The van der Waals surface area contributed by atoms with Crippen LogP contribution in [-0.4, -0.2) is 4.58 Å². The Morgan fingerprint density at radius 3 is 1.86 bits per heavy atom. The topological polar surface area (TPSA) is 0 Å². The van der Waals surface area contributed by atoms with Gasteiger partial charge in [0.25, 0.3) is 0 Å². The van der Waals surface area contributed by atoms with Gasteiger partial charge in [-0.25, -0.2) is 0 Å². The van der Waals surface area contributed by atoms with Crippen molar-refractivity contribution < 1.29 is 0 Å². The summed E-state index contributed by atoms with van der Waals surface area (Å²) in [5.41, 5.74) is 1.45. The number of benzene rings is 2. The quantitative estimate of drug-likeness (QED) is 0.343. The number of thioether (sulfide) groups is 2. The largest absolute Gasteiger partial charge is 0.111 e. The van der Waals surface area contributed by atoms with E-state index >= 15 is 0 Å². The van der Waals surface area contributed by atoms with Crippen LogP contribution in [0.4, 0.5) is 0 Å². The molecule has 2 heteroatoms. The summed E-state index contributed by atoms with van der Waals surface area (Å²) in [7, 11) is 0. The van der Waals surface area contributed by atoms with E-state index in [9.17, 15) is 0 Å². The zero-order valence-corrected chi connectivity index (χ0v) is 14.4. The van der Waals surface area contributed by atoms with Gasteiger partial charge in [0, 0.05) is 15.7 Å². The van der Waals surface area contributed by atoms with E-state index in [0.717, 1.165) is 0 Å². The van der Waals surface area contributed by atoms with Crippen LogP contribution in [0.15, 0.2) is 82.6 Å². The smallest absolute Gasteiger partial charge is 0.0661 e. The first-order valence-electron chi connectivity index (χ1n) is 7.94. The van der Waals surface area contributed by atoms with Gasteiger partial charge in [0.2, 0.25) is 0 Å². The van der Waals surface area contributed by atoms with Crippen molar-refractivity contribution in [3.05, 3.63) is 72.8 Å². The maximum absolute atomic E-state index is 4.37. The number of allylic oxidation sites excluding steroid dienone is 1. The van der Waals surface area contributed by atoms with E-state index in [1.165, 1.54) is 41.0 Å². The van der Waals surface area contributed by atoms with Crippen LogP contribution < -0.4 is 0 Å². The molecule has 0 bridgehead atoms. The molecule has 2 aromatic carbocycles. The maximum Gasteiger partial charge on any atom is 0.0661 e. The summed E-state index contributed by atoms with van der Waals surface area (Å²) in [5.74, 6) is 0.615. The SMILES string of the molecule is C=C1CCCCC1C(Sc1ccccc1)Sc1ccccc1. The highest BCUT2D eigenvalue weighted by atomic mass is 32.2. The van der Waals surface area contributed by atoms with Gasteiger partial charge in [-0.2, -0.15) is 0 Å². The molecule has 1 atom stereocenters. The molecule has 3 rings (SSSR count). The summed E-state index contributed by atoms with van der Waals surface area (Å²) in [4.78, 5) is 2.71. The Bertz CT molecular complexity index is 550. The first kappa shape index (κ1) is 15.8. The molecule has 1 fully saturated rings. The van der Waals surface area contributed by atoms with E-state index in [1.807, 2.05) is 23.5 Å². The van der Waals surface area contributed by atoms with Crippen LogP contribution in [0.5, 0.6) is 0 Å². The Morgan fingerprint density at radius 1 is 0.818 bits per heavy atom. The molecule has 0 nitrogen and oxygen atoms in total. The fourth-order valence-electron chi connectivity index (χ4n) is 2.89. The van der Waals surface area contributed by atoms with Crippen LogP contribution in [0.3, 0.4) is 0 Å². The lowest BCUT2D eigenvalue weighted by molar-refractivity contribution is 0.480. The van der Waals surface area contributed by atoms with E-state index in [1.54, 1.807) is 0 Å². The minimum absolute atomic E-state index is 0.512. The van der Waals surface area contributed by atoms with Crippen LogP contribution in [0.25, 0.3) is 0 Å². The molecule has 0 aliphatic heterocycles. The highest BCUT2D eigenvalue weighted by Gasteiger charge is 2.28. The predicted molar refractivity (Wildman–Crippen MR) is 99.5 cm³/mol. The molecule has 2 aromatic rings. The van der Waals surface area contributed by atoms with Gasteiger partial charge in [-0.05, 0) is 43.5 Å². The molecule has 114 valence electrons. The zero-order chi connectivity index (χ0) is 15.2. The normalized spacial score (nSPS) is 18.6. The van der Waals surface area contributed by atoms with Crippen molar-refractivity contribution in [2.45, 2.75) is 40.1 Å². The lowest BCUT2D eigenvalue weighted by Crippen LogP contribution is -2.19. The van der Waals surface area contributed by atoms with Gasteiger partial charge in [-0.3, -0.25) is 0 Å². The van der Waals surface area contributed by atoms with Crippen molar-refractivity contribution in [1.82, 2.24) is 0 Å². The molecule has 1 aliphatic rings. The van der Waals surface area contributed by atoms with Gasteiger partial charge in [-0.1, -0.05) is 55.0 Å². The second kappa shape index (κ2) is 7.94. The van der Waals surface area contributed by atoms with Gasteiger partial charge < -0.3 is 0 Å². The van der Waals surface area contributed by atoms with Crippen LogP contribution >= 0.6 is 23.5 Å². The van der Waals surface area contributed by atoms with Crippen LogP contribution in [0, 0.1) is 5.92 Å². The highest BCUT2D eigenvalue weighted by molar-refractivity contribution is 8.17. The van der Waals surface area contributed by atoms with Crippen molar-refractivity contribution in [3.63, 3.8) is 0 Å². The van der Waals surface area contributed by atoms with E-state index in [0.29, 0.717) is 10.5 Å². The van der Waals surface area contributed by atoms with Crippen LogP contribution in [0.1, 0.15) is 25.7 Å². The standard InChI is InChI=1S/C20H22S2/c1-16-10-8-9-15-19(16)20(21-17-11-4-2-5-12-17)22-18-13-6-3-7-14-18/h2-7,11-14,19-20H,1,8-10,15H2. The summed E-state index contributed by atoms with van der Waals surface area (Å²) in [6.07, 6.45) is 5.13. The van der Waals surface area contributed by atoms with Gasteiger partial charge in [0.1, 0.15) is 0 Å². The molecule has 1 aliphatic carbocycles. The van der Waals surface area contributed by atoms with Crippen LogP contribution in [0.2, 0.25) is 0 Å². The van der Waals surface area contributed by atoms with Gasteiger partial charge in [0.05, 0.1) is 4.58 Å². The maximum atomic E-state index is 4.37. The second-order valence-corrected chi connectivity index (χ2v) is 8.47. The summed E-state index contributed by atoms with van der Waals surface area (Å²) in [5, 5.41) is 0. The molecule has 0 aromatic heterocycles. The monoisotopic (exact) mass is 326 g/mol. The molecular formula is C20H22S2. The molecule has 0 amide bonds. The fourth-order valence-corrected chi connectivity index (χ4v) is 5.90. The Labute approximate surface area is 142 Å². The molecule has 22 heavy (non-hydrogen) atoms. The van der Waals surface area contributed by atoms with Gasteiger partial charge >= 0.3 is 0 Å². The van der Waals surface area contributed by atoms with Crippen molar-refractivity contribution >= 4 is 23.5 Å². The molecule has 0 N–H and O–H groups in total. The first-order valence-corrected chi connectivity index (χ1v) is 9.70. The van der Waals surface area contributed by atoms with E-state index in [-0.39, 0.29) is 0 Å². The lowest BCUT2D eigenvalue weighted by Gasteiger charge is -2.31. The third-order valence-corrected chi connectivity index (χ3v) is 6.89. The summed E-state index contributed by atoms with van der Waals surface area (Å²) in [6.45, 7) is 4.37. The number of rotatable bonds is 5. The average Bonchev–Trinajstić information content (AvgIpc) is 2.57. The fraction of sp³-hybridized carbons (Fsp3) is 0.300. The average molecular weight is 327 g/mol. The van der Waals surface area contributed by atoms with Crippen molar-refractivity contribution in [3.8, 4) is 0 Å². The summed E-state index contributed by atoms with van der Waals surface area (Å²) >= 11 is 3.99. The van der Waals surface area contributed by atoms with Crippen LogP contribution in [-0.2, 0) is 0 Å². The lowest BCUT2D eigenvalue weighted by atomic mass is 9.86. The number of hydrogen-bond donors (Lipinski definition) is 0. The predicted octanol–water partition coefficient (Wildman–Crippen LogP) is 6.64. The first-order chi connectivity index (χ1) is 10.8. The number of hydrogen-bond acceptors (Lipinski definition) is 2. The molecule has 0 saturated heterocycles. The van der Waals surface area contributed by atoms with E-state index < -0.39 is 0 Å². The Kier molecular flexibility index (Phi) is 5.69. The molecule has 0 radical (unpaired) electrons. The van der Waals surface area contributed by atoms with Crippen molar-refractivity contribution in [1.29, 1.82) is 0 Å². The Morgan fingerprint density at radius 2 is 1.36 bits per heavy atom. The Balaban J connectivity index is 1.79. The van der Waals surface area contributed by atoms with Crippen molar-refractivity contribution in [2.24, 2.45) is 5.92 Å². The second-order valence-electron chi connectivity index (χ2n) is 5.74. The Hall–Kier alpha value is -1.12. The molecule has 1 unspecified atom stereocenters. The summed E-state index contributed by atoms with van der Waals surface area (Å²) in [6, 6.07) is 21.5. The third-order valence-electron chi connectivity index (χ3n) is 4.11. The van der Waals surface area contributed by atoms with Gasteiger partial charge in [0.15, 0.2) is 0 Å². The van der Waals surface area contributed by atoms with E-state index in [2.05, 4.69) is 67.2 Å².